The van der Waals surface area contributed by atoms with Gasteiger partial charge in [0.2, 0.25) is 0 Å². The minimum absolute atomic E-state index is 0.0807. The molecule has 1 aromatic heterocycles. The Balaban J connectivity index is 2.26. The van der Waals surface area contributed by atoms with E-state index in [9.17, 15) is 14.4 Å². The number of carbonyl (C=O) groups excluding carboxylic acids is 2. The van der Waals surface area contributed by atoms with E-state index in [1.807, 2.05) is 75.4 Å². The van der Waals surface area contributed by atoms with Crippen LogP contribution in [0.1, 0.15) is 77.8 Å². The van der Waals surface area contributed by atoms with E-state index in [2.05, 4.69) is 0 Å². The van der Waals surface area contributed by atoms with Crippen LogP contribution in [0.5, 0.6) is 0 Å². The van der Waals surface area contributed by atoms with Gasteiger partial charge in [-0.15, -0.1) is 0 Å². The van der Waals surface area contributed by atoms with Crippen LogP contribution in [0.3, 0.4) is 0 Å². The number of carbonyl (C=O) groups is 2. The predicted molar refractivity (Wildman–Crippen MR) is 150 cm³/mol. The van der Waals surface area contributed by atoms with Crippen LogP contribution in [0.15, 0.2) is 59.4 Å². The molecule has 2 unspecified atom stereocenters. The van der Waals surface area contributed by atoms with Gasteiger partial charge < -0.3 is 16.4 Å². The summed E-state index contributed by atoms with van der Waals surface area (Å²) in [7, 11) is 0. The summed E-state index contributed by atoms with van der Waals surface area (Å²) in [6, 6.07) is 15.4. The number of ketones is 1. The minimum atomic E-state index is -1.08. The first-order chi connectivity index (χ1) is 18.1. The lowest BCUT2D eigenvalue weighted by molar-refractivity contribution is -0.118. The average molecular weight is 518 g/mol. The lowest BCUT2D eigenvalue weighted by Gasteiger charge is -2.36. The van der Waals surface area contributed by atoms with E-state index in [1.54, 1.807) is 16.4 Å². The van der Waals surface area contributed by atoms with Crippen molar-refractivity contribution in [3.63, 3.8) is 0 Å². The first-order valence-electron chi connectivity index (χ1n) is 13.1. The molecule has 38 heavy (non-hydrogen) atoms. The lowest BCUT2D eigenvalue weighted by Crippen LogP contribution is -2.44. The van der Waals surface area contributed by atoms with Crippen LogP contribution in [-0.2, 0) is 11.3 Å². The largest absolute Gasteiger partial charge is 0.330 e. The zero-order chi connectivity index (χ0) is 28.0. The highest BCUT2D eigenvalue weighted by molar-refractivity contribution is 5.94. The van der Waals surface area contributed by atoms with Gasteiger partial charge in [0.05, 0.1) is 29.9 Å². The lowest BCUT2D eigenvalue weighted by atomic mass is 9.97. The van der Waals surface area contributed by atoms with Crippen LogP contribution in [0, 0.1) is 19.8 Å². The van der Waals surface area contributed by atoms with Gasteiger partial charge in [0, 0.05) is 12.1 Å². The van der Waals surface area contributed by atoms with Crippen LogP contribution in [-0.4, -0.2) is 39.2 Å². The van der Waals surface area contributed by atoms with Gasteiger partial charge in [-0.25, -0.2) is 4.98 Å². The summed E-state index contributed by atoms with van der Waals surface area (Å²) in [5.74, 6) is -0.0865. The molecular formula is C30H39N5O3. The molecule has 3 rings (SSSR count). The van der Waals surface area contributed by atoms with Gasteiger partial charge in [-0.3, -0.25) is 19.0 Å². The number of rotatable bonds is 11. The summed E-state index contributed by atoms with van der Waals surface area (Å²) in [4.78, 5) is 46.7. The van der Waals surface area contributed by atoms with E-state index in [0.717, 1.165) is 11.1 Å². The number of aryl methyl sites for hydroxylation is 2. The molecule has 4 N–H and O–H groups in total. The van der Waals surface area contributed by atoms with Crippen molar-refractivity contribution in [3.05, 3.63) is 98.7 Å². The van der Waals surface area contributed by atoms with Crippen molar-refractivity contribution >= 4 is 11.7 Å². The third-order valence-electron chi connectivity index (χ3n) is 6.75. The zero-order valence-electron chi connectivity index (χ0n) is 23.0. The number of amides is 1. The van der Waals surface area contributed by atoms with Crippen LogP contribution in [0.25, 0.3) is 0 Å². The standard InChI is InChI=1S/C30H39N5O3/c1-19(2)27(34(17-9-16-31)29(37)24-14-12-20(3)13-15-24)28-33-21(4)25(26(32)22(5)36)30(38)35(28)18-23-10-7-6-8-11-23/h6-8,10-15,19,26-27H,9,16-18,31-32H2,1-5H3. The molecule has 0 aliphatic heterocycles. The monoisotopic (exact) mass is 517 g/mol. The summed E-state index contributed by atoms with van der Waals surface area (Å²) in [6.07, 6.45) is 0.593. The van der Waals surface area contributed by atoms with Crippen molar-refractivity contribution < 1.29 is 9.59 Å². The molecular weight excluding hydrogens is 478 g/mol. The molecule has 1 heterocycles. The fourth-order valence-corrected chi connectivity index (χ4v) is 4.69. The van der Waals surface area contributed by atoms with E-state index >= 15 is 0 Å². The fourth-order valence-electron chi connectivity index (χ4n) is 4.69. The highest BCUT2D eigenvalue weighted by Gasteiger charge is 2.34. The first-order valence-corrected chi connectivity index (χ1v) is 13.1. The highest BCUT2D eigenvalue weighted by atomic mass is 16.2. The molecule has 1 amide bonds. The first kappa shape index (κ1) is 28.9. The molecule has 0 radical (unpaired) electrons. The summed E-state index contributed by atoms with van der Waals surface area (Å²) in [5, 5.41) is 0. The molecule has 0 fully saturated rings. The summed E-state index contributed by atoms with van der Waals surface area (Å²) >= 11 is 0. The summed E-state index contributed by atoms with van der Waals surface area (Å²) in [6.45, 7) is 10.1. The number of hydrogen-bond acceptors (Lipinski definition) is 6. The van der Waals surface area contributed by atoms with Gasteiger partial charge in [-0.2, -0.15) is 0 Å². The second-order valence-corrected chi connectivity index (χ2v) is 10.1. The van der Waals surface area contributed by atoms with E-state index in [1.165, 1.54) is 6.92 Å². The Morgan fingerprint density at radius 3 is 2.21 bits per heavy atom. The molecule has 8 heteroatoms. The van der Waals surface area contributed by atoms with E-state index < -0.39 is 12.1 Å². The second-order valence-electron chi connectivity index (χ2n) is 10.1. The van der Waals surface area contributed by atoms with Gasteiger partial charge in [-0.1, -0.05) is 61.9 Å². The molecule has 202 valence electrons. The third-order valence-corrected chi connectivity index (χ3v) is 6.75. The number of Topliss-reactive ketones (excluding diaryl/α,β-unsaturated/α-hetero) is 1. The van der Waals surface area contributed by atoms with Crippen molar-refractivity contribution in [1.82, 2.24) is 14.5 Å². The summed E-state index contributed by atoms with van der Waals surface area (Å²) < 4.78 is 1.57. The highest BCUT2D eigenvalue weighted by Crippen LogP contribution is 2.30. The number of benzene rings is 2. The van der Waals surface area contributed by atoms with Crippen molar-refractivity contribution in [2.45, 2.75) is 59.7 Å². The smallest absolute Gasteiger partial charge is 0.259 e. The Bertz CT molecular complexity index is 1320. The van der Waals surface area contributed by atoms with Gasteiger partial charge in [0.15, 0.2) is 5.78 Å². The molecule has 8 nitrogen and oxygen atoms in total. The number of nitrogens with zero attached hydrogens (tertiary/aromatic N) is 3. The SMILES string of the molecule is CC(=O)C(N)c1c(C)nc(C(C(C)C)N(CCCN)C(=O)c2ccc(C)cc2)n(Cc2ccccc2)c1=O. The maximum Gasteiger partial charge on any atom is 0.259 e. The van der Waals surface area contributed by atoms with Crippen LogP contribution in [0.4, 0.5) is 0 Å². The fraction of sp³-hybridized carbons (Fsp3) is 0.400. The number of aromatic nitrogens is 2. The van der Waals surface area contributed by atoms with Gasteiger partial charge in [0.1, 0.15) is 5.82 Å². The van der Waals surface area contributed by atoms with Gasteiger partial charge in [0.25, 0.3) is 11.5 Å². The average Bonchev–Trinajstić information content (AvgIpc) is 2.88. The molecule has 0 saturated carbocycles. The zero-order valence-corrected chi connectivity index (χ0v) is 23.0. The molecule has 3 aromatic rings. The molecule has 0 aliphatic rings. The van der Waals surface area contributed by atoms with Crippen molar-refractivity contribution in [2.75, 3.05) is 13.1 Å². The maximum absolute atomic E-state index is 14.0. The molecule has 0 aliphatic carbocycles. The molecule has 0 spiro atoms. The molecule has 0 bridgehead atoms. The Kier molecular flexibility index (Phi) is 9.72. The Morgan fingerprint density at radius 1 is 1.03 bits per heavy atom. The molecule has 2 atom stereocenters. The van der Waals surface area contributed by atoms with E-state index in [4.69, 9.17) is 16.5 Å². The topological polar surface area (TPSA) is 124 Å². The normalized spacial score (nSPS) is 12.8. The Morgan fingerprint density at radius 2 is 1.66 bits per heavy atom. The van der Waals surface area contributed by atoms with Crippen LogP contribution in [0.2, 0.25) is 0 Å². The predicted octanol–water partition coefficient (Wildman–Crippen LogP) is 3.69. The third kappa shape index (κ3) is 6.44. The van der Waals surface area contributed by atoms with Crippen molar-refractivity contribution in [3.8, 4) is 0 Å². The van der Waals surface area contributed by atoms with E-state index in [0.29, 0.717) is 36.6 Å². The van der Waals surface area contributed by atoms with Crippen molar-refractivity contribution in [1.29, 1.82) is 0 Å². The number of hydrogen-bond donors (Lipinski definition) is 2. The quantitative estimate of drug-likeness (QED) is 0.400. The maximum atomic E-state index is 14.0. The molecule has 0 saturated heterocycles. The minimum Gasteiger partial charge on any atom is -0.330 e. The van der Waals surface area contributed by atoms with E-state index in [-0.39, 0.29) is 35.3 Å². The molecule has 2 aromatic carbocycles. The second kappa shape index (κ2) is 12.8. The summed E-state index contributed by atoms with van der Waals surface area (Å²) in [5.41, 5.74) is 14.7. The van der Waals surface area contributed by atoms with Crippen LogP contribution >= 0.6 is 0 Å². The van der Waals surface area contributed by atoms with Gasteiger partial charge in [-0.05, 0) is 57.4 Å². The van der Waals surface area contributed by atoms with Gasteiger partial charge >= 0.3 is 0 Å². The Labute approximate surface area is 224 Å². The number of nitrogens with two attached hydrogens (primary N) is 2. The van der Waals surface area contributed by atoms with Crippen LogP contribution < -0.4 is 17.0 Å². The van der Waals surface area contributed by atoms with Crippen molar-refractivity contribution in [2.24, 2.45) is 17.4 Å². The Hall–Kier alpha value is -3.62.